The van der Waals surface area contributed by atoms with E-state index in [0.29, 0.717) is 0 Å². The summed E-state index contributed by atoms with van der Waals surface area (Å²) < 4.78 is 2.29. The number of hydrogen-bond acceptors (Lipinski definition) is 1. The first-order chi connectivity index (χ1) is 12.4. The molecule has 0 saturated heterocycles. The molecule has 1 aromatic heterocycles. The molecule has 2 heterocycles. The molecule has 1 aliphatic rings. The highest BCUT2D eigenvalue weighted by molar-refractivity contribution is 5.82. The van der Waals surface area contributed by atoms with E-state index in [4.69, 9.17) is 4.98 Å². The van der Waals surface area contributed by atoms with Crippen LogP contribution in [0.2, 0.25) is 0 Å². The smallest absolute Gasteiger partial charge is 0.140 e. The fourth-order valence-corrected chi connectivity index (χ4v) is 3.70. The summed E-state index contributed by atoms with van der Waals surface area (Å²) in [5.74, 6) is 1.08. The second-order valence-corrected chi connectivity index (χ2v) is 6.46. The lowest BCUT2D eigenvalue weighted by atomic mass is 9.98. The second kappa shape index (κ2) is 5.75. The van der Waals surface area contributed by atoms with Crippen molar-refractivity contribution in [2.75, 3.05) is 0 Å². The summed E-state index contributed by atoms with van der Waals surface area (Å²) in [6, 6.07) is 27.7. The van der Waals surface area contributed by atoms with Gasteiger partial charge >= 0.3 is 0 Å². The predicted molar refractivity (Wildman–Crippen MR) is 102 cm³/mol. The van der Waals surface area contributed by atoms with E-state index < -0.39 is 0 Å². The second-order valence-electron chi connectivity index (χ2n) is 6.46. The summed E-state index contributed by atoms with van der Waals surface area (Å²) in [5.41, 5.74) is 7.34. The molecule has 2 nitrogen and oxygen atoms in total. The van der Waals surface area contributed by atoms with Crippen molar-refractivity contribution in [3.63, 3.8) is 0 Å². The maximum Gasteiger partial charge on any atom is 0.140 e. The zero-order chi connectivity index (χ0) is 16.6. The Hall–Kier alpha value is -3.13. The van der Waals surface area contributed by atoms with Crippen LogP contribution in [0.25, 0.3) is 33.8 Å². The van der Waals surface area contributed by atoms with Crippen LogP contribution in [0.5, 0.6) is 0 Å². The normalized spacial score (nSPS) is 12.5. The van der Waals surface area contributed by atoms with E-state index in [2.05, 4.69) is 89.6 Å². The molecule has 25 heavy (non-hydrogen) atoms. The minimum absolute atomic E-state index is 0.993. The number of rotatable bonds is 2. The maximum absolute atomic E-state index is 5.01. The average molecular weight is 322 g/mol. The van der Waals surface area contributed by atoms with Crippen molar-refractivity contribution >= 4 is 0 Å². The van der Waals surface area contributed by atoms with Crippen LogP contribution in [0.15, 0.2) is 85.1 Å². The monoisotopic (exact) mass is 322 g/mol. The van der Waals surface area contributed by atoms with Crippen LogP contribution >= 0.6 is 0 Å². The average Bonchev–Trinajstić information content (AvgIpc) is 3.13. The number of hydrogen-bond donors (Lipinski definition) is 0. The van der Waals surface area contributed by atoms with Gasteiger partial charge in [-0.15, -0.1) is 0 Å². The van der Waals surface area contributed by atoms with Crippen LogP contribution in [0.3, 0.4) is 0 Å². The molecule has 4 aromatic rings. The molecule has 0 saturated carbocycles. The quantitative estimate of drug-likeness (QED) is 0.480. The summed E-state index contributed by atoms with van der Waals surface area (Å²) in [5, 5.41) is 0. The predicted octanol–water partition coefficient (Wildman–Crippen LogP) is 5.44. The van der Waals surface area contributed by atoms with Gasteiger partial charge in [0, 0.05) is 23.9 Å². The van der Waals surface area contributed by atoms with E-state index in [-0.39, 0.29) is 0 Å². The molecule has 0 unspecified atom stereocenters. The summed E-state index contributed by atoms with van der Waals surface area (Å²) in [4.78, 5) is 5.01. The third kappa shape index (κ3) is 2.38. The highest BCUT2D eigenvalue weighted by Crippen LogP contribution is 2.35. The molecular weight excluding hydrogens is 304 g/mol. The largest absolute Gasteiger partial charge is 0.330 e. The molecule has 0 N–H and O–H groups in total. The van der Waals surface area contributed by atoms with Gasteiger partial charge in [0.15, 0.2) is 0 Å². The third-order valence-electron chi connectivity index (χ3n) is 4.94. The topological polar surface area (TPSA) is 17.8 Å². The zero-order valence-electron chi connectivity index (χ0n) is 13.9. The Morgan fingerprint density at radius 3 is 2.20 bits per heavy atom. The van der Waals surface area contributed by atoms with Crippen molar-refractivity contribution in [3.8, 4) is 33.8 Å². The third-order valence-corrected chi connectivity index (χ3v) is 4.94. The molecule has 0 aliphatic carbocycles. The summed E-state index contributed by atoms with van der Waals surface area (Å²) in [7, 11) is 0. The zero-order valence-corrected chi connectivity index (χ0v) is 13.9. The van der Waals surface area contributed by atoms with Crippen molar-refractivity contribution in [2.24, 2.45) is 0 Å². The van der Waals surface area contributed by atoms with Gasteiger partial charge in [-0.2, -0.15) is 0 Å². The SMILES string of the molecule is c1ccc(-c2ccccc2-c2cn3c(n2)-c2ccccc2CC3)cc1. The molecule has 0 spiro atoms. The Kier molecular flexibility index (Phi) is 3.27. The molecule has 120 valence electrons. The molecule has 5 rings (SSSR count). The number of benzene rings is 3. The fourth-order valence-electron chi connectivity index (χ4n) is 3.70. The van der Waals surface area contributed by atoms with Crippen molar-refractivity contribution in [3.05, 3.63) is 90.6 Å². The lowest BCUT2D eigenvalue weighted by molar-refractivity contribution is 0.684. The van der Waals surface area contributed by atoms with Crippen LogP contribution in [0.4, 0.5) is 0 Å². The van der Waals surface area contributed by atoms with E-state index in [1.54, 1.807) is 0 Å². The van der Waals surface area contributed by atoms with E-state index in [9.17, 15) is 0 Å². The maximum atomic E-state index is 5.01. The lowest BCUT2D eigenvalue weighted by Gasteiger charge is -2.17. The molecule has 0 fully saturated rings. The van der Waals surface area contributed by atoms with E-state index in [1.807, 2.05) is 0 Å². The minimum Gasteiger partial charge on any atom is -0.330 e. The molecule has 0 atom stereocenters. The molecule has 0 amide bonds. The summed E-state index contributed by atoms with van der Waals surface area (Å²) >= 11 is 0. The van der Waals surface area contributed by atoms with Gasteiger partial charge < -0.3 is 4.57 Å². The Balaban J connectivity index is 1.67. The number of aryl methyl sites for hydroxylation is 2. The van der Waals surface area contributed by atoms with Crippen LogP contribution in [0.1, 0.15) is 5.56 Å². The van der Waals surface area contributed by atoms with Crippen LogP contribution in [-0.2, 0) is 13.0 Å². The molecule has 2 heteroatoms. The van der Waals surface area contributed by atoms with Gasteiger partial charge in [-0.3, -0.25) is 0 Å². The highest BCUT2D eigenvalue weighted by Gasteiger charge is 2.19. The first-order valence-corrected chi connectivity index (χ1v) is 8.70. The Labute approximate surface area is 147 Å². The van der Waals surface area contributed by atoms with Gasteiger partial charge in [-0.25, -0.2) is 4.98 Å². The number of imidazole rings is 1. The number of aromatic nitrogens is 2. The van der Waals surface area contributed by atoms with E-state index >= 15 is 0 Å². The van der Waals surface area contributed by atoms with Gasteiger partial charge in [0.1, 0.15) is 5.82 Å². The number of fused-ring (bicyclic) bond motifs is 3. The van der Waals surface area contributed by atoms with Crippen molar-refractivity contribution in [2.45, 2.75) is 13.0 Å². The molecule has 0 radical (unpaired) electrons. The van der Waals surface area contributed by atoms with Crippen LogP contribution in [0, 0.1) is 0 Å². The molecule has 1 aliphatic heterocycles. The summed E-state index contributed by atoms with van der Waals surface area (Å²) in [6.07, 6.45) is 3.27. The molecular formula is C23H18N2. The van der Waals surface area contributed by atoms with Crippen molar-refractivity contribution < 1.29 is 0 Å². The first kappa shape index (κ1) is 14.2. The Morgan fingerprint density at radius 1 is 0.680 bits per heavy atom. The Bertz CT molecular complexity index is 1040. The van der Waals surface area contributed by atoms with Crippen LogP contribution < -0.4 is 0 Å². The fraction of sp³-hybridized carbons (Fsp3) is 0.0870. The van der Waals surface area contributed by atoms with Gasteiger partial charge in [0.2, 0.25) is 0 Å². The molecule has 3 aromatic carbocycles. The van der Waals surface area contributed by atoms with Gasteiger partial charge in [-0.1, -0.05) is 78.9 Å². The van der Waals surface area contributed by atoms with Crippen molar-refractivity contribution in [1.29, 1.82) is 0 Å². The number of nitrogens with zero attached hydrogens (tertiary/aromatic N) is 2. The highest BCUT2D eigenvalue weighted by atomic mass is 15.1. The lowest BCUT2D eigenvalue weighted by Crippen LogP contribution is -2.09. The Morgan fingerprint density at radius 2 is 1.36 bits per heavy atom. The molecule has 0 bridgehead atoms. The first-order valence-electron chi connectivity index (χ1n) is 8.70. The minimum atomic E-state index is 0.993. The van der Waals surface area contributed by atoms with E-state index in [0.717, 1.165) is 24.5 Å². The van der Waals surface area contributed by atoms with E-state index in [1.165, 1.54) is 27.8 Å². The van der Waals surface area contributed by atoms with Gasteiger partial charge in [0.05, 0.1) is 5.69 Å². The standard InChI is InChI=1S/C23H18N2/c1-2-8-17(9-3-1)19-11-6-7-13-21(19)22-16-25-15-14-18-10-4-5-12-20(18)23(25)24-22/h1-13,16H,14-15H2. The van der Waals surface area contributed by atoms with Crippen LogP contribution in [-0.4, -0.2) is 9.55 Å². The van der Waals surface area contributed by atoms with Gasteiger partial charge in [-0.05, 0) is 23.1 Å². The van der Waals surface area contributed by atoms with Gasteiger partial charge in [0.25, 0.3) is 0 Å². The van der Waals surface area contributed by atoms with Crippen molar-refractivity contribution in [1.82, 2.24) is 9.55 Å². The summed E-state index contributed by atoms with van der Waals surface area (Å²) in [6.45, 7) is 0.993.